The normalized spacial score (nSPS) is 11.4. The lowest BCUT2D eigenvalue weighted by Gasteiger charge is -2.19. The van der Waals surface area contributed by atoms with Crippen LogP contribution in [-0.2, 0) is 4.79 Å². The third-order valence-electron chi connectivity index (χ3n) is 2.47. The number of aliphatic carboxylic acids is 1. The van der Waals surface area contributed by atoms with Crippen LogP contribution in [0.25, 0.3) is 0 Å². The molecule has 0 spiro atoms. The minimum atomic E-state index is -0.883. The largest absolute Gasteiger partial charge is 0.481 e. The second kappa shape index (κ2) is 6.74. The molecule has 4 nitrogen and oxygen atoms in total. The Balaban J connectivity index is 2.89. The molecule has 5 heteroatoms. The summed E-state index contributed by atoms with van der Waals surface area (Å²) in [5, 5.41) is 14.6. The first-order chi connectivity index (χ1) is 8.52. The van der Waals surface area contributed by atoms with Gasteiger partial charge in [-0.15, -0.1) is 0 Å². The Kier molecular flexibility index (Phi) is 5.30. The van der Waals surface area contributed by atoms with E-state index in [0.29, 0.717) is 5.69 Å². The monoisotopic (exact) mass is 252 g/mol. The van der Waals surface area contributed by atoms with E-state index in [2.05, 4.69) is 5.10 Å². The molecule has 1 aromatic carbocycles. The third-order valence-corrected chi connectivity index (χ3v) is 2.47. The number of hydrogen-bond acceptors (Lipinski definition) is 3. The lowest BCUT2D eigenvalue weighted by molar-refractivity contribution is -0.136. The maximum atomic E-state index is 12.8. The molecule has 1 aromatic rings. The van der Waals surface area contributed by atoms with Crippen molar-refractivity contribution in [3.8, 4) is 0 Å². The smallest absolute Gasteiger partial charge is 0.305 e. The lowest BCUT2D eigenvalue weighted by atomic mass is 10.3. The van der Waals surface area contributed by atoms with Crippen molar-refractivity contribution in [3.05, 3.63) is 30.1 Å². The number of rotatable bonds is 6. The van der Waals surface area contributed by atoms with Gasteiger partial charge in [0.25, 0.3) is 0 Å². The zero-order chi connectivity index (χ0) is 13.5. The molecule has 1 rings (SSSR count). The van der Waals surface area contributed by atoms with Crippen LogP contribution >= 0.6 is 0 Å². The number of anilines is 1. The fraction of sp³-hybridized carbons (Fsp3) is 0.385. The number of halogens is 1. The maximum absolute atomic E-state index is 12.8. The molecule has 0 saturated carbocycles. The summed E-state index contributed by atoms with van der Waals surface area (Å²) in [4.78, 5) is 10.6. The highest BCUT2D eigenvalue weighted by Crippen LogP contribution is 2.16. The molecule has 1 N–H and O–H groups in total. The van der Waals surface area contributed by atoms with Crippen LogP contribution in [0.1, 0.15) is 26.7 Å². The van der Waals surface area contributed by atoms with Crippen LogP contribution < -0.4 is 5.01 Å². The third kappa shape index (κ3) is 4.53. The molecular formula is C13H17FN2O2. The Hall–Kier alpha value is -1.91. The SMILES string of the molecule is CC/C(C)=N\N(CCC(=O)O)c1ccc(F)cc1. The summed E-state index contributed by atoms with van der Waals surface area (Å²) < 4.78 is 12.8. The van der Waals surface area contributed by atoms with Crippen molar-refractivity contribution in [3.63, 3.8) is 0 Å². The average molecular weight is 252 g/mol. The van der Waals surface area contributed by atoms with Gasteiger partial charge in [-0.2, -0.15) is 5.10 Å². The second-order valence-electron chi connectivity index (χ2n) is 3.93. The number of hydrogen-bond donors (Lipinski definition) is 1. The predicted molar refractivity (Wildman–Crippen MR) is 69.4 cm³/mol. The summed E-state index contributed by atoms with van der Waals surface area (Å²) in [5.41, 5.74) is 1.58. The molecule has 0 unspecified atom stereocenters. The van der Waals surface area contributed by atoms with Crippen molar-refractivity contribution in [2.45, 2.75) is 26.7 Å². The molecule has 0 saturated heterocycles. The highest BCUT2D eigenvalue weighted by Gasteiger charge is 2.08. The van der Waals surface area contributed by atoms with Gasteiger partial charge in [0.05, 0.1) is 18.7 Å². The Labute approximate surface area is 106 Å². The summed E-state index contributed by atoms with van der Waals surface area (Å²) in [5.74, 6) is -1.21. The van der Waals surface area contributed by atoms with E-state index in [4.69, 9.17) is 5.11 Å². The van der Waals surface area contributed by atoms with Crippen LogP contribution in [0.3, 0.4) is 0 Å². The summed E-state index contributed by atoms with van der Waals surface area (Å²) in [6.07, 6.45) is 0.767. The molecule has 0 atom stereocenters. The Morgan fingerprint density at radius 3 is 2.50 bits per heavy atom. The van der Waals surface area contributed by atoms with E-state index in [0.717, 1.165) is 12.1 Å². The van der Waals surface area contributed by atoms with Crippen LogP contribution in [0.2, 0.25) is 0 Å². The van der Waals surface area contributed by atoms with Crippen LogP contribution in [0.4, 0.5) is 10.1 Å². The first kappa shape index (κ1) is 14.2. The van der Waals surface area contributed by atoms with Crippen LogP contribution in [0, 0.1) is 5.82 Å². The fourth-order valence-corrected chi connectivity index (χ4v) is 1.33. The Morgan fingerprint density at radius 2 is 2.00 bits per heavy atom. The van der Waals surface area contributed by atoms with E-state index in [1.807, 2.05) is 13.8 Å². The molecule has 0 fully saturated rings. The van der Waals surface area contributed by atoms with Gasteiger partial charge in [-0.1, -0.05) is 6.92 Å². The van der Waals surface area contributed by atoms with Gasteiger partial charge >= 0.3 is 5.97 Å². The zero-order valence-electron chi connectivity index (χ0n) is 10.6. The van der Waals surface area contributed by atoms with Crippen LogP contribution in [-0.4, -0.2) is 23.3 Å². The molecule has 18 heavy (non-hydrogen) atoms. The maximum Gasteiger partial charge on any atom is 0.305 e. The summed E-state index contributed by atoms with van der Waals surface area (Å²) in [7, 11) is 0. The minimum Gasteiger partial charge on any atom is -0.481 e. The highest BCUT2D eigenvalue weighted by molar-refractivity contribution is 5.82. The number of carbonyl (C=O) groups is 1. The minimum absolute atomic E-state index is 0.0160. The number of nitrogens with zero attached hydrogens (tertiary/aromatic N) is 2. The van der Waals surface area contributed by atoms with Crippen molar-refractivity contribution in [1.29, 1.82) is 0 Å². The first-order valence-electron chi connectivity index (χ1n) is 5.82. The topological polar surface area (TPSA) is 52.9 Å². The molecule has 0 aliphatic carbocycles. The summed E-state index contributed by atoms with van der Waals surface area (Å²) >= 11 is 0. The summed E-state index contributed by atoms with van der Waals surface area (Å²) in [6, 6.07) is 5.84. The van der Waals surface area contributed by atoms with Gasteiger partial charge in [-0.05, 0) is 37.6 Å². The van der Waals surface area contributed by atoms with Crippen LogP contribution in [0.15, 0.2) is 29.4 Å². The molecule has 0 amide bonds. The highest BCUT2D eigenvalue weighted by atomic mass is 19.1. The molecule has 0 heterocycles. The molecule has 0 aromatic heterocycles. The Bertz CT molecular complexity index is 429. The van der Waals surface area contributed by atoms with Crippen molar-refractivity contribution in [2.75, 3.05) is 11.6 Å². The van der Waals surface area contributed by atoms with Gasteiger partial charge in [0.1, 0.15) is 5.82 Å². The molecule has 0 bridgehead atoms. The van der Waals surface area contributed by atoms with E-state index >= 15 is 0 Å². The van der Waals surface area contributed by atoms with Crippen molar-refractivity contribution in [1.82, 2.24) is 0 Å². The fourth-order valence-electron chi connectivity index (χ4n) is 1.33. The van der Waals surface area contributed by atoms with Crippen molar-refractivity contribution in [2.24, 2.45) is 5.10 Å². The Morgan fingerprint density at radius 1 is 1.39 bits per heavy atom. The standard InChI is InChI=1S/C13H17FN2O2/c1-3-10(2)15-16(9-8-13(17)18)12-6-4-11(14)5-7-12/h4-7H,3,8-9H2,1-2H3,(H,17,18)/b15-10-. The lowest BCUT2D eigenvalue weighted by Crippen LogP contribution is -2.21. The van der Waals surface area contributed by atoms with Crippen LogP contribution in [0.5, 0.6) is 0 Å². The number of carboxylic acids is 1. The van der Waals surface area contributed by atoms with Gasteiger partial charge in [-0.3, -0.25) is 9.80 Å². The summed E-state index contributed by atoms with van der Waals surface area (Å²) in [6.45, 7) is 4.11. The molecule has 0 aliphatic rings. The van der Waals surface area contributed by atoms with Gasteiger partial charge in [0.15, 0.2) is 0 Å². The zero-order valence-corrected chi connectivity index (χ0v) is 10.6. The molecule has 98 valence electrons. The van der Waals surface area contributed by atoms with Gasteiger partial charge < -0.3 is 5.11 Å². The number of hydrazone groups is 1. The molecule has 0 aliphatic heterocycles. The van der Waals surface area contributed by atoms with E-state index in [1.54, 1.807) is 17.1 Å². The van der Waals surface area contributed by atoms with Crippen molar-refractivity contribution < 1.29 is 14.3 Å². The van der Waals surface area contributed by atoms with E-state index in [9.17, 15) is 9.18 Å². The number of benzene rings is 1. The molecule has 0 radical (unpaired) electrons. The van der Waals surface area contributed by atoms with E-state index < -0.39 is 5.97 Å². The van der Waals surface area contributed by atoms with Gasteiger partial charge in [0.2, 0.25) is 0 Å². The average Bonchev–Trinajstić information content (AvgIpc) is 2.35. The number of carboxylic acid groups (broad SMARTS) is 1. The van der Waals surface area contributed by atoms with Gasteiger partial charge in [-0.25, -0.2) is 4.39 Å². The predicted octanol–water partition coefficient (Wildman–Crippen LogP) is 2.89. The van der Waals surface area contributed by atoms with Crippen molar-refractivity contribution >= 4 is 17.4 Å². The quantitative estimate of drug-likeness (QED) is 0.625. The molecular weight excluding hydrogens is 235 g/mol. The van der Waals surface area contributed by atoms with E-state index in [1.165, 1.54) is 12.1 Å². The first-order valence-corrected chi connectivity index (χ1v) is 5.82. The van der Waals surface area contributed by atoms with Gasteiger partial charge in [0, 0.05) is 5.71 Å². The second-order valence-corrected chi connectivity index (χ2v) is 3.93. The van der Waals surface area contributed by atoms with E-state index in [-0.39, 0.29) is 18.8 Å².